The highest BCUT2D eigenvalue weighted by atomic mass is 32.2. The Morgan fingerprint density at radius 1 is 1.09 bits per heavy atom. The van der Waals surface area contributed by atoms with Crippen molar-refractivity contribution in [3.05, 3.63) is 60.4 Å². The third kappa shape index (κ3) is 6.18. The summed E-state index contributed by atoms with van der Waals surface area (Å²) in [7, 11) is 0. The van der Waals surface area contributed by atoms with E-state index in [1.165, 1.54) is 23.9 Å². The predicted octanol–water partition coefficient (Wildman–Crippen LogP) is 3.50. The molecule has 2 rings (SSSR count). The summed E-state index contributed by atoms with van der Waals surface area (Å²) in [5.41, 5.74) is 0. The Labute approximate surface area is 133 Å². The highest BCUT2D eigenvalue weighted by Crippen LogP contribution is 2.18. The van der Waals surface area contributed by atoms with Crippen LogP contribution in [0.2, 0.25) is 0 Å². The SMILES string of the molecule is O=C(CCSc1ccc(F)cc1)NCCOc1ccccc1. The average Bonchev–Trinajstić information content (AvgIpc) is 2.54. The Morgan fingerprint density at radius 2 is 1.82 bits per heavy atom. The van der Waals surface area contributed by atoms with Gasteiger partial charge in [-0.15, -0.1) is 11.8 Å². The van der Waals surface area contributed by atoms with Crippen LogP contribution in [0, 0.1) is 5.82 Å². The molecular weight excluding hydrogens is 301 g/mol. The van der Waals surface area contributed by atoms with Crippen LogP contribution in [0.5, 0.6) is 5.75 Å². The molecule has 0 spiro atoms. The summed E-state index contributed by atoms with van der Waals surface area (Å²) >= 11 is 1.53. The lowest BCUT2D eigenvalue weighted by Crippen LogP contribution is -2.28. The molecule has 0 bridgehead atoms. The van der Waals surface area contributed by atoms with Gasteiger partial charge < -0.3 is 10.1 Å². The molecule has 2 aromatic rings. The Balaban J connectivity index is 1.55. The zero-order valence-corrected chi connectivity index (χ0v) is 12.9. The Kier molecular flexibility index (Phi) is 6.77. The number of hydrogen-bond acceptors (Lipinski definition) is 3. The van der Waals surface area contributed by atoms with Gasteiger partial charge in [0.2, 0.25) is 5.91 Å². The number of hydrogen-bond donors (Lipinski definition) is 1. The van der Waals surface area contributed by atoms with Crippen molar-refractivity contribution in [3.8, 4) is 5.75 Å². The maximum Gasteiger partial charge on any atom is 0.220 e. The second-order valence-corrected chi connectivity index (χ2v) is 5.73. The van der Waals surface area contributed by atoms with Crippen LogP contribution in [0.25, 0.3) is 0 Å². The van der Waals surface area contributed by atoms with Crippen molar-refractivity contribution in [1.29, 1.82) is 0 Å². The molecule has 0 saturated heterocycles. The Morgan fingerprint density at radius 3 is 2.55 bits per heavy atom. The van der Waals surface area contributed by atoms with Gasteiger partial charge in [-0.2, -0.15) is 0 Å². The molecule has 0 radical (unpaired) electrons. The monoisotopic (exact) mass is 319 g/mol. The summed E-state index contributed by atoms with van der Waals surface area (Å²) in [6.45, 7) is 0.926. The fourth-order valence-electron chi connectivity index (χ4n) is 1.76. The predicted molar refractivity (Wildman–Crippen MR) is 86.7 cm³/mol. The summed E-state index contributed by atoms with van der Waals surface area (Å²) in [4.78, 5) is 12.6. The van der Waals surface area contributed by atoms with Crippen molar-refractivity contribution in [2.24, 2.45) is 0 Å². The van der Waals surface area contributed by atoms with E-state index in [2.05, 4.69) is 5.32 Å². The maximum atomic E-state index is 12.7. The highest BCUT2D eigenvalue weighted by molar-refractivity contribution is 7.99. The molecule has 0 saturated carbocycles. The third-order valence-electron chi connectivity index (χ3n) is 2.85. The van der Waals surface area contributed by atoms with Gasteiger partial charge in [0.05, 0.1) is 6.54 Å². The summed E-state index contributed by atoms with van der Waals surface area (Å²) in [6, 6.07) is 15.8. The van der Waals surface area contributed by atoms with E-state index in [0.717, 1.165) is 10.6 Å². The van der Waals surface area contributed by atoms with E-state index in [1.807, 2.05) is 30.3 Å². The van der Waals surface area contributed by atoms with E-state index in [1.54, 1.807) is 12.1 Å². The minimum Gasteiger partial charge on any atom is -0.492 e. The van der Waals surface area contributed by atoms with Crippen molar-refractivity contribution < 1.29 is 13.9 Å². The number of ether oxygens (including phenoxy) is 1. The summed E-state index contributed by atoms with van der Waals surface area (Å²) in [5.74, 6) is 1.20. The van der Waals surface area contributed by atoms with Crippen LogP contribution < -0.4 is 10.1 Å². The number of nitrogens with one attached hydrogen (secondary N) is 1. The van der Waals surface area contributed by atoms with E-state index in [9.17, 15) is 9.18 Å². The second kappa shape index (κ2) is 9.10. The van der Waals surface area contributed by atoms with Gasteiger partial charge in [-0.05, 0) is 36.4 Å². The first-order chi connectivity index (χ1) is 10.7. The van der Waals surface area contributed by atoms with Gasteiger partial charge in [0.25, 0.3) is 0 Å². The van der Waals surface area contributed by atoms with Crippen molar-refractivity contribution in [2.75, 3.05) is 18.9 Å². The van der Waals surface area contributed by atoms with E-state index < -0.39 is 0 Å². The zero-order valence-electron chi connectivity index (χ0n) is 12.1. The fourth-order valence-corrected chi connectivity index (χ4v) is 2.61. The number of benzene rings is 2. The van der Waals surface area contributed by atoms with Gasteiger partial charge in [0, 0.05) is 17.1 Å². The molecule has 22 heavy (non-hydrogen) atoms. The van der Waals surface area contributed by atoms with E-state index in [-0.39, 0.29) is 11.7 Å². The van der Waals surface area contributed by atoms with Gasteiger partial charge >= 0.3 is 0 Å². The van der Waals surface area contributed by atoms with Crippen LogP contribution in [0.1, 0.15) is 6.42 Å². The first-order valence-corrected chi connectivity index (χ1v) is 8.05. The van der Waals surface area contributed by atoms with Crippen LogP contribution in [0.4, 0.5) is 4.39 Å². The number of thioether (sulfide) groups is 1. The molecule has 0 atom stereocenters. The molecule has 0 aliphatic carbocycles. The minimum atomic E-state index is -0.250. The van der Waals surface area contributed by atoms with Crippen LogP contribution in [-0.2, 0) is 4.79 Å². The fraction of sp³-hybridized carbons (Fsp3) is 0.235. The number of para-hydroxylation sites is 1. The summed E-state index contributed by atoms with van der Waals surface area (Å²) in [6.07, 6.45) is 0.424. The average molecular weight is 319 g/mol. The van der Waals surface area contributed by atoms with Crippen molar-refractivity contribution in [3.63, 3.8) is 0 Å². The standard InChI is InChI=1S/C17H18FNO2S/c18-14-6-8-16(9-7-14)22-13-10-17(20)19-11-12-21-15-4-2-1-3-5-15/h1-9H,10-13H2,(H,19,20). The topological polar surface area (TPSA) is 38.3 Å². The first kappa shape index (κ1) is 16.4. The van der Waals surface area contributed by atoms with Gasteiger partial charge in [-0.3, -0.25) is 4.79 Å². The van der Waals surface area contributed by atoms with Gasteiger partial charge in [0.1, 0.15) is 18.2 Å². The Bertz CT molecular complexity index is 575. The Hall–Kier alpha value is -2.01. The molecule has 0 unspecified atom stereocenters. The number of halogens is 1. The number of amides is 1. The summed E-state index contributed by atoms with van der Waals surface area (Å²) < 4.78 is 18.2. The summed E-state index contributed by atoms with van der Waals surface area (Å²) in [5, 5.41) is 2.81. The maximum absolute atomic E-state index is 12.7. The highest BCUT2D eigenvalue weighted by Gasteiger charge is 2.02. The van der Waals surface area contributed by atoms with Crippen LogP contribution >= 0.6 is 11.8 Å². The number of rotatable bonds is 8. The second-order valence-electron chi connectivity index (χ2n) is 4.56. The molecule has 1 N–H and O–H groups in total. The normalized spacial score (nSPS) is 10.2. The van der Waals surface area contributed by atoms with Crippen molar-refractivity contribution in [1.82, 2.24) is 5.32 Å². The molecule has 0 aliphatic rings. The van der Waals surface area contributed by atoms with Gasteiger partial charge in [-0.25, -0.2) is 4.39 Å². The van der Waals surface area contributed by atoms with Crippen LogP contribution in [0.3, 0.4) is 0 Å². The lowest BCUT2D eigenvalue weighted by atomic mass is 10.3. The molecule has 116 valence electrons. The van der Waals surface area contributed by atoms with Gasteiger partial charge in [0.15, 0.2) is 0 Å². The van der Waals surface area contributed by atoms with E-state index in [0.29, 0.717) is 25.3 Å². The van der Waals surface area contributed by atoms with E-state index in [4.69, 9.17) is 4.74 Å². The molecule has 2 aromatic carbocycles. The largest absolute Gasteiger partial charge is 0.492 e. The van der Waals surface area contributed by atoms with E-state index >= 15 is 0 Å². The molecule has 0 aromatic heterocycles. The quantitative estimate of drug-likeness (QED) is 0.598. The minimum absolute atomic E-state index is 0.00808. The molecule has 3 nitrogen and oxygen atoms in total. The molecule has 1 amide bonds. The molecular formula is C17H18FNO2S. The number of carbonyl (C=O) groups excluding carboxylic acids is 1. The van der Waals surface area contributed by atoms with Crippen LogP contribution in [-0.4, -0.2) is 24.8 Å². The molecule has 0 aliphatic heterocycles. The third-order valence-corrected chi connectivity index (χ3v) is 3.86. The lowest BCUT2D eigenvalue weighted by Gasteiger charge is -2.07. The lowest BCUT2D eigenvalue weighted by molar-refractivity contribution is -0.120. The molecule has 0 heterocycles. The van der Waals surface area contributed by atoms with Gasteiger partial charge in [-0.1, -0.05) is 18.2 Å². The molecule has 0 fully saturated rings. The smallest absolute Gasteiger partial charge is 0.220 e. The first-order valence-electron chi connectivity index (χ1n) is 7.07. The van der Waals surface area contributed by atoms with Crippen molar-refractivity contribution in [2.45, 2.75) is 11.3 Å². The van der Waals surface area contributed by atoms with Crippen molar-refractivity contribution >= 4 is 17.7 Å². The number of carbonyl (C=O) groups is 1. The van der Waals surface area contributed by atoms with Crippen LogP contribution in [0.15, 0.2) is 59.5 Å². The zero-order chi connectivity index (χ0) is 15.6. The molecule has 5 heteroatoms.